The van der Waals surface area contributed by atoms with E-state index in [4.69, 9.17) is 9.72 Å². The summed E-state index contributed by atoms with van der Waals surface area (Å²) in [6.45, 7) is 7.81. The average Bonchev–Trinajstić information content (AvgIpc) is 3.11. The summed E-state index contributed by atoms with van der Waals surface area (Å²) in [7, 11) is 0. The molecular formula is C25H27N5O2S. The Morgan fingerprint density at radius 1 is 1.06 bits per heavy atom. The van der Waals surface area contributed by atoms with Gasteiger partial charge in [0, 0.05) is 25.0 Å². The third kappa shape index (κ3) is 4.45. The van der Waals surface area contributed by atoms with Crippen LogP contribution >= 0.6 is 11.8 Å². The van der Waals surface area contributed by atoms with E-state index in [0.717, 1.165) is 22.1 Å². The molecule has 1 aliphatic rings. The second kappa shape index (κ2) is 9.11. The van der Waals surface area contributed by atoms with Gasteiger partial charge in [-0.2, -0.15) is 0 Å². The highest BCUT2D eigenvalue weighted by atomic mass is 32.2. The molecule has 0 saturated carbocycles. The second-order valence-electron chi connectivity index (χ2n) is 8.62. The number of carbonyl (C=O) groups is 1. The Balaban J connectivity index is 1.45. The first-order valence-corrected chi connectivity index (χ1v) is 12.1. The van der Waals surface area contributed by atoms with Crippen LogP contribution in [0.2, 0.25) is 0 Å². The number of hydrogen-bond acceptors (Lipinski definition) is 6. The number of carbonyl (C=O) groups excluding carboxylic acids is 1. The second-order valence-corrected chi connectivity index (χ2v) is 9.92. The van der Waals surface area contributed by atoms with Gasteiger partial charge in [-0.1, -0.05) is 60.3 Å². The zero-order chi connectivity index (χ0) is 22.9. The first kappa shape index (κ1) is 21.9. The summed E-state index contributed by atoms with van der Waals surface area (Å²) in [5.41, 5.74) is 3.82. The summed E-state index contributed by atoms with van der Waals surface area (Å²) >= 11 is 1.36. The van der Waals surface area contributed by atoms with Crippen molar-refractivity contribution in [2.24, 2.45) is 0 Å². The molecule has 0 aliphatic carbocycles. The summed E-state index contributed by atoms with van der Waals surface area (Å²) in [6.07, 6.45) is 0.0794. The maximum atomic E-state index is 13.1. The molecule has 7 nitrogen and oxygen atoms in total. The molecule has 170 valence electrons. The molecular weight excluding hydrogens is 434 g/mol. The van der Waals surface area contributed by atoms with Crippen molar-refractivity contribution in [2.45, 2.75) is 49.9 Å². The highest BCUT2D eigenvalue weighted by Gasteiger charge is 2.30. The van der Waals surface area contributed by atoms with Gasteiger partial charge in [-0.25, -0.2) is 4.98 Å². The Bertz CT molecular complexity index is 1280. The van der Waals surface area contributed by atoms with Crippen LogP contribution in [0.5, 0.6) is 0 Å². The quantitative estimate of drug-likeness (QED) is 0.416. The minimum atomic E-state index is -0.311. The number of rotatable bonds is 5. The number of amides is 1. The lowest BCUT2D eigenvalue weighted by Gasteiger charge is -2.36. The van der Waals surface area contributed by atoms with Crippen molar-refractivity contribution in [3.63, 3.8) is 0 Å². The average molecular weight is 462 g/mol. The number of benzene rings is 2. The molecule has 0 spiro atoms. The predicted octanol–water partition coefficient (Wildman–Crippen LogP) is 4.14. The maximum Gasteiger partial charge on any atom is 0.236 e. The monoisotopic (exact) mass is 461 g/mol. The third-order valence-electron chi connectivity index (χ3n) is 5.90. The van der Waals surface area contributed by atoms with E-state index in [0.29, 0.717) is 24.8 Å². The Labute approximate surface area is 197 Å². The van der Waals surface area contributed by atoms with Crippen LogP contribution < -0.4 is 0 Å². The minimum Gasteiger partial charge on any atom is -0.372 e. The van der Waals surface area contributed by atoms with Crippen molar-refractivity contribution in [3.8, 4) is 0 Å². The van der Waals surface area contributed by atoms with Crippen molar-refractivity contribution in [2.75, 3.05) is 13.1 Å². The van der Waals surface area contributed by atoms with E-state index in [9.17, 15) is 4.79 Å². The molecule has 2 aromatic heterocycles. The van der Waals surface area contributed by atoms with Gasteiger partial charge in [0.1, 0.15) is 5.52 Å². The summed E-state index contributed by atoms with van der Waals surface area (Å²) in [5, 5.41) is 10.1. The van der Waals surface area contributed by atoms with Gasteiger partial charge in [0.05, 0.1) is 23.0 Å². The molecule has 3 unspecified atom stereocenters. The summed E-state index contributed by atoms with van der Waals surface area (Å²) in [6, 6.07) is 18.5. The molecule has 1 fully saturated rings. The molecule has 0 N–H and O–H groups in total. The van der Waals surface area contributed by atoms with E-state index in [1.807, 2.05) is 56.0 Å². The van der Waals surface area contributed by atoms with Crippen molar-refractivity contribution < 1.29 is 9.53 Å². The van der Waals surface area contributed by atoms with Crippen molar-refractivity contribution in [3.05, 3.63) is 60.2 Å². The van der Waals surface area contributed by atoms with Crippen LogP contribution in [0.4, 0.5) is 0 Å². The van der Waals surface area contributed by atoms with E-state index in [1.165, 1.54) is 17.3 Å². The molecule has 1 aliphatic heterocycles. The van der Waals surface area contributed by atoms with E-state index >= 15 is 0 Å². The Morgan fingerprint density at radius 3 is 2.52 bits per heavy atom. The SMILES string of the molecule is CC1CN(C(=O)C(C)Sc2nnc3c4ccccc4n(Cc4ccccc4)c3n2)CC(C)O1. The van der Waals surface area contributed by atoms with Crippen LogP contribution in [0.15, 0.2) is 59.8 Å². The predicted molar refractivity (Wildman–Crippen MR) is 130 cm³/mol. The number of morpholine rings is 1. The van der Waals surface area contributed by atoms with Crippen LogP contribution in [-0.2, 0) is 16.1 Å². The summed E-state index contributed by atoms with van der Waals surface area (Å²) < 4.78 is 7.94. The number of fused-ring (bicyclic) bond motifs is 3. The number of thioether (sulfide) groups is 1. The number of ether oxygens (including phenoxy) is 1. The summed E-state index contributed by atoms with van der Waals surface area (Å²) in [4.78, 5) is 19.8. The van der Waals surface area contributed by atoms with Crippen molar-refractivity contribution >= 4 is 39.7 Å². The molecule has 1 amide bonds. The molecule has 0 bridgehead atoms. The lowest BCUT2D eigenvalue weighted by molar-refractivity contribution is -0.142. The molecule has 3 heterocycles. The molecule has 1 saturated heterocycles. The van der Waals surface area contributed by atoms with Crippen molar-refractivity contribution in [1.82, 2.24) is 24.6 Å². The standard InChI is InChI=1S/C25H27N5O2S/c1-16-13-29(14-17(2)32-16)24(31)18(3)33-25-26-23-22(27-28-25)20-11-7-8-12-21(20)30(23)15-19-9-5-4-6-10-19/h4-12,16-18H,13-15H2,1-3H3. The Kier molecular flexibility index (Phi) is 6.03. The van der Waals surface area contributed by atoms with Gasteiger partial charge in [-0.15, -0.1) is 10.2 Å². The minimum absolute atomic E-state index is 0.0397. The fourth-order valence-electron chi connectivity index (χ4n) is 4.49. The lowest BCUT2D eigenvalue weighted by atomic mass is 10.2. The molecule has 3 atom stereocenters. The number of nitrogens with zero attached hydrogens (tertiary/aromatic N) is 5. The van der Waals surface area contributed by atoms with Crippen LogP contribution in [0.25, 0.3) is 22.1 Å². The number of para-hydroxylation sites is 1. The maximum absolute atomic E-state index is 13.1. The number of aromatic nitrogens is 4. The highest BCUT2D eigenvalue weighted by Crippen LogP contribution is 2.29. The Hall–Kier alpha value is -2.97. The molecule has 2 aromatic carbocycles. The van der Waals surface area contributed by atoms with E-state index in [2.05, 4.69) is 39.0 Å². The number of hydrogen-bond donors (Lipinski definition) is 0. The van der Waals surface area contributed by atoms with Crippen LogP contribution in [0.3, 0.4) is 0 Å². The molecule has 0 radical (unpaired) electrons. The fraction of sp³-hybridized carbons (Fsp3) is 0.360. The van der Waals surface area contributed by atoms with E-state index < -0.39 is 0 Å². The fourth-order valence-corrected chi connectivity index (χ4v) is 5.28. The van der Waals surface area contributed by atoms with Gasteiger partial charge in [-0.05, 0) is 32.4 Å². The Morgan fingerprint density at radius 2 is 1.76 bits per heavy atom. The van der Waals surface area contributed by atoms with Gasteiger partial charge in [0.25, 0.3) is 0 Å². The first-order valence-electron chi connectivity index (χ1n) is 11.3. The zero-order valence-electron chi connectivity index (χ0n) is 19.0. The molecule has 33 heavy (non-hydrogen) atoms. The van der Waals surface area contributed by atoms with Gasteiger partial charge in [0.2, 0.25) is 11.1 Å². The van der Waals surface area contributed by atoms with Crippen molar-refractivity contribution in [1.29, 1.82) is 0 Å². The molecule has 8 heteroatoms. The van der Waals surface area contributed by atoms with Crippen LogP contribution in [-0.4, -0.2) is 61.1 Å². The van der Waals surface area contributed by atoms with Gasteiger partial charge >= 0.3 is 0 Å². The lowest BCUT2D eigenvalue weighted by Crippen LogP contribution is -2.50. The van der Waals surface area contributed by atoms with E-state index in [1.54, 1.807) is 0 Å². The van der Waals surface area contributed by atoms with Crippen LogP contribution in [0.1, 0.15) is 26.3 Å². The summed E-state index contributed by atoms with van der Waals surface area (Å²) in [5.74, 6) is 0.0792. The topological polar surface area (TPSA) is 73.1 Å². The largest absolute Gasteiger partial charge is 0.372 e. The van der Waals surface area contributed by atoms with Gasteiger partial charge in [-0.3, -0.25) is 4.79 Å². The first-order chi connectivity index (χ1) is 16.0. The normalized spacial score (nSPS) is 19.8. The molecule has 4 aromatic rings. The van der Waals surface area contributed by atoms with E-state index in [-0.39, 0.29) is 23.4 Å². The van der Waals surface area contributed by atoms with Gasteiger partial charge in [0.15, 0.2) is 5.65 Å². The van der Waals surface area contributed by atoms with Gasteiger partial charge < -0.3 is 14.2 Å². The van der Waals surface area contributed by atoms with Crippen LogP contribution in [0, 0.1) is 0 Å². The highest BCUT2D eigenvalue weighted by molar-refractivity contribution is 8.00. The third-order valence-corrected chi connectivity index (χ3v) is 6.84. The zero-order valence-corrected chi connectivity index (χ0v) is 19.8. The molecule has 5 rings (SSSR count). The smallest absolute Gasteiger partial charge is 0.236 e.